The minimum atomic E-state index is -3.50. The van der Waals surface area contributed by atoms with Crippen LogP contribution >= 0.6 is 11.8 Å². The van der Waals surface area contributed by atoms with Gasteiger partial charge in [0, 0.05) is 23.3 Å². The summed E-state index contributed by atoms with van der Waals surface area (Å²) in [5.41, 5.74) is 1.66. The Hall–Kier alpha value is -1.83. The van der Waals surface area contributed by atoms with Crippen molar-refractivity contribution in [3.8, 4) is 0 Å². The number of ether oxygens (including phenoxy) is 1. The van der Waals surface area contributed by atoms with Crippen molar-refractivity contribution in [3.63, 3.8) is 0 Å². The Morgan fingerprint density at radius 2 is 1.88 bits per heavy atom. The number of rotatable bonds is 6. The van der Waals surface area contributed by atoms with Crippen LogP contribution in [-0.4, -0.2) is 33.7 Å². The Kier molecular flexibility index (Phi) is 5.46. The zero-order valence-electron chi connectivity index (χ0n) is 14.1. The van der Waals surface area contributed by atoms with E-state index in [1.165, 1.54) is 4.90 Å². The van der Waals surface area contributed by atoms with Gasteiger partial charge in [-0.05, 0) is 36.8 Å². The maximum absolute atomic E-state index is 12.1. The number of hydrogen-bond acceptors (Lipinski definition) is 5. The zero-order valence-corrected chi connectivity index (χ0v) is 15.7. The summed E-state index contributed by atoms with van der Waals surface area (Å²) >= 11 is 1.74. The molecule has 0 radical (unpaired) electrons. The maximum atomic E-state index is 12.1. The fourth-order valence-corrected chi connectivity index (χ4v) is 4.64. The van der Waals surface area contributed by atoms with Crippen LogP contribution in [0, 0.1) is 0 Å². The lowest BCUT2D eigenvalue weighted by Crippen LogP contribution is -2.22. The summed E-state index contributed by atoms with van der Waals surface area (Å²) in [5, 5.41) is 0. The monoisotopic (exact) mass is 376 g/mol. The molecule has 3 rings (SSSR count). The SMILES string of the molecule is COCCSc1ccc(C(C)N=C2NS(=O)(=O)c3ccccc32)cc1. The van der Waals surface area contributed by atoms with Crippen molar-refractivity contribution in [2.75, 3.05) is 19.5 Å². The molecule has 0 aliphatic carbocycles. The van der Waals surface area contributed by atoms with E-state index in [0.717, 1.165) is 17.9 Å². The molecule has 0 spiro atoms. The fraction of sp³-hybridized carbons (Fsp3) is 0.278. The molecule has 0 saturated carbocycles. The molecule has 2 aromatic carbocycles. The van der Waals surface area contributed by atoms with Gasteiger partial charge < -0.3 is 4.74 Å². The van der Waals surface area contributed by atoms with Crippen molar-refractivity contribution in [3.05, 3.63) is 59.7 Å². The topological polar surface area (TPSA) is 67.8 Å². The molecule has 1 unspecified atom stereocenters. The van der Waals surface area contributed by atoms with Crippen molar-refractivity contribution in [1.29, 1.82) is 0 Å². The van der Waals surface area contributed by atoms with Gasteiger partial charge in [-0.3, -0.25) is 9.71 Å². The van der Waals surface area contributed by atoms with Crippen molar-refractivity contribution in [2.24, 2.45) is 4.99 Å². The largest absolute Gasteiger partial charge is 0.384 e. The van der Waals surface area contributed by atoms with Gasteiger partial charge >= 0.3 is 0 Å². The number of sulfonamides is 1. The Morgan fingerprint density at radius 1 is 1.16 bits per heavy atom. The molecule has 0 amide bonds. The van der Waals surface area contributed by atoms with Gasteiger partial charge in [0.1, 0.15) is 5.84 Å². The highest BCUT2D eigenvalue weighted by Gasteiger charge is 2.30. The normalized spacial score (nSPS) is 17.9. The number of methoxy groups -OCH3 is 1. The second-order valence-electron chi connectivity index (χ2n) is 5.67. The number of nitrogens with zero attached hydrogens (tertiary/aromatic N) is 1. The van der Waals surface area contributed by atoms with Crippen LogP contribution in [0.2, 0.25) is 0 Å². The van der Waals surface area contributed by atoms with Crippen LogP contribution in [0.4, 0.5) is 0 Å². The highest BCUT2D eigenvalue weighted by atomic mass is 32.2. The third-order valence-corrected chi connectivity index (χ3v) is 6.28. The van der Waals surface area contributed by atoms with Gasteiger partial charge in [0.25, 0.3) is 10.0 Å². The van der Waals surface area contributed by atoms with Gasteiger partial charge in [-0.15, -0.1) is 11.8 Å². The predicted octanol–water partition coefficient (Wildman–Crippen LogP) is 3.22. The van der Waals surface area contributed by atoms with E-state index in [9.17, 15) is 8.42 Å². The molecule has 25 heavy (non-hydrogen) atoms. The Bertz CT molecular complexity index is 877. The fourth-order valence-electron chi connectivity index (χ4n) is 2.58. The summed E-state index contributed by atoms with van der Waals surface area (Å²) in [6, 6.07) is 14.9. The number of amidine groups is 1. The minimum absolute atomic E-state index is 0.151. The molecular weight excluding hydrogens is 356 g/mol. The first-order valence-electron chi connectivity index (χ1n) is 7.93. The lowest BCUT2D eigenvalue weighted by atomic mass is 10.1. The van der Waals surface area contributed by atoms with Gasteiger partial charge in [0.05, 0.1) is 17.5 Å². The average Bonchev–Trinajstić information content (AvgIpc) is 2.87. The summed E-state index contributed by atoms with van der Waals surface area (Å²) in [6.45, 7) is 2.67. The number of benzene rings is 2. The van der Waals surface area contributed by atoms with Crippen LogP contribution in [-0.2, 0) is 14.8 Å². The zero-order chi connectivity index (χ0) is 17.9. The van der Waals surface area contributed by atoms with Gasteiger partial charge in [-0.25, -0.2) is 8.42 Å². The third-order valence-electron chi connectivity index (χ3n) is 3.90. The number of hydrogen-bond donors (Lipinski definition) is 1. The highest BCUT2D eigenvalue weighted by Crippen LogP contribution is 2.26. The van der Waals surface area contributed by atoms with E-state index in [0.29, 0.717) is 11.4 Å². The predicted molar refractivity (Wildman–Crippen MR) is 101 cm³/mol. The van der Waals surface area contributed by atoms with E-state index in [2.05, 4.69) is 21.8 Å². The first-order valence-corrected chi connectivity index (χ1v) is 10.4. The number of fused-ring (bicyclic) bond motifs is 1. The molecular formula is C18H20N2O3S2. The van der Waals surface area contributed by atoms with Crippen LogP contribution in [0.3, 0.4) is 0 Å². The van der Waals surface area contributed by atoms with Gasteiger partial charge in [-0.2, -0.15) is 0 Å². The van der Waals surface area contributed by atoms with Gasteiger partial charge in [0.2, 0.25) is 0 Å². The van der Waals surface area contributed by atoms with Crippen LogP contribution in [0.1, 0.15) is 24.1 Å². The van der Waals surface area contributed by atoms with Crippen molar-refractivity contribution < 1.29 is 13.2 Å². The molecule has 1 N–H and O–H groups in total. The second-order valence-corrected chi connectivity index (χ2v) is 8.48. The van der Waals surface area contributed by atoms with E-state index in [1.807, 2.05) is 25.1 Å². The van der Waals surface area contributed by atoms with Crippen LogP contribution in [0.15, 0.2) is 63.3 Å². The van der Waals surface area contributed by atoms with Gasteiger partial charge in [-0.1, -0.05) is 24.3 Å². The van der Waals surface area contributed by atoms with E-state index in [4.69, 9.17) is 4.74 Å². The minimum Gasteiger partial charge on any atom is -0.384 e. The summed E-state index contributed by atoms with van der Waals surface area (Å²) in [4.78, 5) is 6.04. The van der Waals surface area contributed by atoms with E-state index in [1.54, 1.807) is 37.1 Å². The van der Waals surface area contributed by atoms with Crippen LogP contribution in [0.25, 0.3) is 0 Å². The van der Waals surface area contributed by atoms with Gasteiger partial charge in [0.15, 0.2) is 0 Å². The number of nitrogens with one attached hydrogen (secondary N) is 1. The molecule has 5 nitrogen and oxygen atoms in total. The molecule has 1 aliphatic heterocycles. The standard InChI is InChI=1S/C18H20N2O3S2/c1-13(14-7-9-15(10-8-14)24-12-11-23-2)19-18-16-5-3-4-6-17(16)25(21,22)20-18/h3-10,13H,11-12H2,1-2H3,(H,19,20). The highest BCUT2D eigenvalue weighted by molar-refractivity contribution is 7.99. The van der Waals surface area contributed by atoms with Crippen molar-refractivity contribution in [1.82, 2.24) is 4.72 Å². The van der Waals surface area contributed by atoms with E-state index < -0.39 is 10.0 Å². The Labute approximate surface area is 152 Å². The first-order chi connectivity index (χ1) is 12.0. The lowest BCUT2D eigenvalue weighted by Gasteiger charge is -2.10. The molecule has 7 heteroatoms. The molecule has 0 bridgehead atoms. The third kappa shape index (κ3) is 4.05. The number of aliphatic imine (C=N–C) groups is 1. The lowest BCUT2D eigenvalue weighted by molar-refractivity contribution is 0.218. The Morgan fingerprint density at radius 3 is 2.60 bits per heavy atom. The van der Waals surface area contributed by atoms with Crippen LogP contribution in [0.5, 0.6) is 0 Å². The Balaban J connectivity index is 1.78. The summed E-state index contributed by atoms with van der Waals surface area (Å²) in [7, 11) is -1.80. The molecule has 1 heterocycles. The second kappa shape index (κ2) is 7.59. The smallest absolute Gasteiger partial charge is 0.263 e. The number of thioether (sulfide) groups is 1. The summed E-state index contributed by atoms with van der Waals surface area (Å²) in [6.07, 6.45) is 0. The van der Waals surface area contributed by atoms with E-state index >= 15 is 0 Å². The van der Waals surface area contributed by atoms with Crippen molar-refractivity contribution >= 4 is 27.6 Å². The molecule has 2 aromatic rings. The summed E-state index contributed by atoms with van der Waals surface area (Å²) < 4.78 is 31.9. The quantitative estimate of drug-likeness (QED) is 0.621. The summed E-state index contributed by atoms with van der Waals surface area (Å²) in [5.74, 6) is 1.31. The first kappa shape index (κ1) is 18.0. The van der Waals surface area contributed by atoms with E-state index in [-0.39, 0.29) is 10.9 Å². The average molecular weight is 377 g/mol. The molecule has 0 saturated heterocycles. The maximum Gasteiger partial charge on any atom is 0.263 e. The molecule has 0 fully saturated rings. The molecule has 0 aromatic heterocycles. The molecule has 1 aliphatic rings. The molecule has 1 atom stereocenters. The van der Waals surface area contributed by atoms with Crippen molar-refractivity contribution in [2.45, 2.75) is 22.8 Å². The molecule has 132 valence electrons. The van der Waals surface area contributed by atoms with Crippen LogP contribution < -0.4 is 4.72 Å².